The fraction of sp³-hybridized carbons (Fsp3) is 0.0833. The summed E-state index contributed by atoms with van der Waals surface area (Å²) in [7, 11) is 7.20. The highest BCUT2D eigenvalue weighted by molar-refractivity contribution is 6.40. The number of rotatable bonds is 1. The Morgan fingerprint density at radius 2 is 1.87 bits per heavy atom. The van der Waals surface area contributed by atoms with Gasteiger partial charge in [-0.05, 0) is 16.8 Å². The Morgan fingerprint density at radius 3 is 2.53 bits per heavy atom. The quantitative estimate of drug-likeness (QED) is 0.509. The monoisotopic (exact) mass is 196 g/mol. The molecule has 2 rings (SSSR count). The molecule has 2 aromatic rings. The van der Waals surface area contributed by atoms with Crippen molar-refractivity contribution >= 4 is 30.1 Å². The van der Waals surface area contributed by atoms with Crippen molar-refractivity contribution < 1.29 is 9.53 Å². The third-order valence-corrected chi connectivity index (χ3v) is 2.34. The SMILES string of the molecule is [B]c1cccc2cccc(C(=O)OC)c12. The lowest BCUT2D eigenvalue weighted by molar-refractivity contribution is 0.0603. The Balaban J connectivity index is 2.80. The normalized spacial score (nSPS) is 10.2. The molecule has 15 heavy (non-hydrogen) atoms. The maximum Gasteiger partial charge on any atom is 0.338 e. The number of carbonyl (C=O) groups excluding carboxylic acids is 1. The number of hydrogen-bond acceptors (Lipinski definition) is 2. The number of ether oxygens (including phenoxy) is 1. The molecule has 0 saturated heterocycles. The van der Waals surface area contributed by atoms with Gasteiger partial charge >= 0.3 is 5.97 Å². The van der Waals surface area contributed by atoms with Gasteiger partial charge < -0.3 is 4.74 Å². The Kier molecular flexibility index (Phi) is 2.46. The second-order valence-corrected chi connectivity index (χ2v) is 3.24. The third-order valence-electron chi connectivity index (χ3n) is 2.34. The summed E-state index contributed by atoms with van der Waals surface area (Å²) in [5.74, 6) is -0.362. The van der Waals surface area contributed by atoms with Crippen molar-refractivity contribution in [3.63, 3.8) is 0 Å². The summed E-state index contributed by atoms with van der Waals surface area (Å²) < 4.78 is 4.70. The Labute approximate surface area is 89.3 Å². The van der Waals surface area contributed by atoms with Crippen molar-refractivity contribution in [1.82, 2.24) is 0 Å². The first-order valence-corrected chi connectivity index (χ1v) is 4.59. The van der Waals surface area contributed by atoms with E-state index in [-0.39, 0.29) is 5.97 Å². The van der Waals surface area contributed by atoms with Crippen LogP contribution in [0.1, 0.15) is 10.4 Å². The van der Waals surface area contributed by atoms with Crippen molar-refractivity contribution in [3.05, 3.63) is 42.0 Å². The lowest BCUT2D eigenvalue weighted by atomic mass is 9.88. The number of hydrogen-bond donors (Lipinski definition) is 0. The van der Waals surface area contributed by atoms with Gasteiger partial charge in [-0.15, -0.1) is 0 Å². The molecule has 3 heteroatoms. The molecule has 0 amide bonds. The van der Waals surface area contributed by atoms with Crippen LogP contribution < -0.4 is 5.46 Å². The zero-order chi connectivity index (χ0) is 10.8. The van der Waals surface area contributed by atoms with Crippen LogP contribution in [0.25, 0.3) is 10.8 Å². The first kappa shape index (κ1) is 9.78. The van der Waals surface area contributed by atoms with E-state index in [9.17, 15) is 4.79 Å². The minimum atomic E-state index is -0.362. The van der Waals surface area contributed by atoms with Crippen molar-refractivity contribution in [2.45, 2.75) is 0 Å². The summed E-state index contributed by atoms with van der Waals surface area (Å²) in [6, 6.07) is 11.0. The fourth-order valence-electron chi connectivity index (χ4n) is 1.65. The molecule has 0 heterocycles. The largest absolute Gasteiger partial charge is 0.465 e. The third kappa shape index (κ3) is 1.61. The molecule has 0 aliphatic heterocycles. The molecule has 0 bridgehead atoms. The van der Waals surface area contributed by atoms with Gasteiger partial charge in [-0.1, -0.05) is 35.8 Å². The van der Waals surface area contributed by atoms with Crippen molar-refractivity contribution in [2.75, 3.05) is 7.11 Å². The van der Waals surface area contributed by atoms with Crippen molar-refractivity contribution in [2.24, 2.45) is 0 Å². The lowest BCUT2D eigenvalue weighted by Crippen LogP contribution is -2.10. The highest BCUT2D eigenvalue weighted by Gasteiger charge is 2.10. The van der Waals surface area contributed by atoms with E-state index in [2.05, 4.69) is 0 Å². The number of esters is 1. The average Bonchev–Trinajstić information content (AvgIpc) is 2.28. The highest BCUT2D eigenvalue weighted by atomic mass is 16.5. The molecular weight excluding hydrogens is 187 g/mol. The van der Waals surface area contributed by atoms with E-state index in [4.69, 9.17) is 12.6 Å². The fourth-order valence-corrected chi connectivity index (χ4v) is 1.65. The highest BCUT2D eigenvalue weighted by Crippen LogP contribution is 2.16. The van der Waals surface area contributed by atoms with E-state index in [1.54, 1.807) is 12.1 Å². The second-order valence-electron chi connectivity index (χ2n) is 3.24. The van der Waals surface area contributed by atoms with Gasteiger partial charge in [-0.25, -0.2) is 4.79 Å². The summed E-state index contributed by atoms with van der Waals surface area (Å²) in [6.07, 6.45) is 0. The molecule has 0 aliphatic rings. The minimum absolute atomic E-state index is 0.362. The molecule has 2 nitrogen and oxygen atoms in total. The van der Waals surface area contributed by atoms with Crippen LogP contribution in [0.3, 0.4) is 0 Å². The number of fused-ring (bicyclic) bond motifs is 1. The molecule has 2 radical (unpaired) electrons. The van der Waals surface area contributed by atoms with Gasteiger partial charge in [-0.2, -0.15) is 0 Å². The van der Waals surface area contributed by atoms with Crippen LogP contribution >= 0.6 is 0 Å². The Morgan fingerprint density at radius 1 is 1.20 bits per heavy atom. The predicted molar refractivity (Wildman–Crippen MR) is 60.7 cm³/mol. The zero-order valence-electron chi connectivity index (χ0n) is 8.36. The minimum Gasteiger partial charge on any atom is -0.465 e. The molecular formula is C12H9BO2. The number of benzene rings is 2. The van der Waals surface area contributed by atoms with E-state index >= 15 is 0 Å². The summed E-state index contributed by atoms with van der Waals surface area (Å²) in [6.45, 7) is 0. The summed E-state index contributed by atoms with van der Waals surface area (Å²) >= 11 is 0. The Bertz CT molecular complexity index is 515. The number of methoxy groups -OCH3 is 1. The van der Waals surface area contributed by atoms with Gasteiger partial charge in [0.1, 0.15) is 7.85 Å². The predicted octanol–water partition coefficient (Wildman–Crippen LogP) is 1.42. The molecule has 2 aromatic carbocycles. The topological polar surface area (TPSA) is 26.3 Å². The average molecular weight is 196 g/mol. The summed E-state index contributed by atoms with van der Waals surface area (Å²) in [5, 5.41) is 1.70. The molecule has 0 N–H and O–H groups in total. The van der Waals surface area contributed by atoms with E-state index in [0.29, 0.717) is 11.0 Å². The van der Waals surface area contributed by atoms with Crippen LogP contribution in [0.5, 0.6) is 0 Å². The van der Waals surface area contributed by atoms with Crippen LogP contribution in [0, 0.1) is 0 Å². The first-order chi connectivity index (χ1) is 7.24. The van der Waals surface area contributed by atoms with Gasteiger partial charge in [-0.3, -0.25) is 0 Å². The van der Waals surface area contributed by atoms with E-state index in [1.165, 1.54) is 7.11 Å². The standard InChI is InChI=1S/C12H9BO2/c1-15-12(14)9-6-2-4-8-5-3-7-10(13)11(8)9/h2-7H,1H3. The van der Waals surface area contributed by atoms with Crippen LogP contribution in [0.15, 0.2) is 36.4 Å². The first-order valence-electron chi connectivity index (χ1n) is 4.59. The van der Waals surface area contributed by atoms with Gasteiger partial charge in [0.2, 0.25) is 0 Å². The lowest BCUT2D eigenvalue weighted by Gasteiger charge is -2.07. The van der Waals surface area contributed by atoms with E-state index < -0.39 is 0 Å². The van der Waals surface area contributed by atoms with Crippen molar-refractivity contribution in [3.8, 4) is 0 Å². The molecule has 0 atom stereocenters. The van der Waals surface area contributed by atoms with Gasteiger partial charge in [0.15, 0.2) is 0 Å². The number of carbonyl (C=O) groups is 1. The van der Waals surface area contributed by atoms with Gasteiger partial charge in [0.25, 0.3) is 0 Å². The van der Waals surface area contributed by atoms with Crippen LogP contribution in [0.2, 0.25) is 0 Å². The maximum absolute atomic E-state index is 11.5. The van der Waals surface area contributed by atoms with Crippen LogP contribution in [-0.2, 0) is 4.74 Å². The summed E-state index contributed by atoms with van der Waals surface area (Å²) in [5.41, 5.74) is 1.10. The maximum atomic E-state index is 11.5. The molecule has 72 valence electrons. The molecule has 0 unspecified atom stereocenters. The molecule has 0 aromatic heterocycles. The van der Waals surface area contributed by atoms with Crippen LogP contribution in [-0.4, -0.2) is 20.9 Å². The molecule has 0 fully saturated rings. The molecule has 0 aliphatic carbocycles. The smallest absolute Gasteiger partial charge is 0.338 e. The van der Waals surface area contributed by atoms with E-state index in [1.807, 2.05) is 24.3 Å². The van der Waals surface area contributed by atoms with E-state index in [0.717, 1.165) is 10.8 Å². The molecule has 0 spiro atoms. The van der Waals surface area contributed by atoms with Gasteiger partial charge in [0, 0.05) is 0 Å². The van der Waals surface area contributed by atoms with Crippen molar-refractivity contribution in [1.29, 1.82) is 0 Å². The van der Waals surface area contributed by atoms with Gasteiger partial charge in [0.05, 0.1) is 12.7 Å². The zero-order valence-corrected chi connectivity index (χ0v) is 8.36. The van der Waals surface area contributed by atoms with Crippen LogP contribution in [0.4, 0.5) is 0 Å². The summed E-state index contributed by atoms with van der Waals surface area (Å²) in [4.78, 5) is 11.5. The second kappa shape index (κ2) is 3.77. The Hall–Kier alpha value is -1.77. The molecule has 0 saturated carbocycles.